The smallest absolute Gasteiger partial charge is 0.246 e. The molecule has 0 N–H and O–H groups in total. The summed E-state index contributed by atoms with van der Waals surface area (Å²) in [7, 11) is 0. The Labute approximate surface area is 88.1 Å². The molecule has 0 saturated carbocycles. The van der Waals surface area contributed by atoms with E-state index in [1.165, 1.54) is 5.56 Å². The number of rotatable bonds is 0. The van der Waals surface area contributed by atoms with Gasteiger partial charge in [0.15, 0.2) is 0 Å². The van der Waals surface area contributed by atoms with E-state index in [1.807, 2.05) is 31.2 Å². The SMILES string of the molecule is Cc1ccc(C#Cc2noc(C)n2)cc1. The van der Waals surface area contributed by atoms with Gasteiger partial charge in [-0.05, 0) is 30.1 Å². The summed E-state index contributed by atoms with van der Waals surface area (Å²) in [5.41, 5.74) is 2.17. The molecular weight excluding hydrogens is 188 g/mol. The van der Waals surface area contributed by atoms with Crippen LogP contribution in [0.2, 0.25) is 0 Å². The van der Waals surface area contributed by atoms with E-state index in [1.54, 1.807) is 6.92 Å². The van der Waals surface area contributed by atoms with Gasteiger partial charge in [0, 0.05) is 12.5 Å². The number of benzene rings is 1. The average molecular weight is 198 g/mol. The Balaban J connectivity index is 2.22. The molecule has 74 valence electrons. The molecule has 0 aliphatic rings. The maximum absolute atomic E-state index is 4.81. The fourth-order valence-corrected chi connectivity index (χ4v) is 1.11. The van der Waals surface area contributed by atoms with Crippen molar-refractivity contribution in [3.05, 3.63) is 47.1 Å². The third-order valence-electron chi connectivity index (χ3n) is 1.90. The zero-order chi connectivity index (χ0) is 10.7. The van der Waals surface area contributed by atoms with Crippen LogP contribution in [-0.4, -0.2) is 10.1 Å². The van der Waals surface area contributed by atoms with Crippen LogP contribution >= 0.6 is 0 Å². The molecule has 0 unspecified atom stereocenters. The van der Waals surface area contributed by atoms with Crippen molar-refractivity contribution in [1.29, 1.82) is 0 Å². The second-order valence-electron chi connectivity index (χ2n) is 3.25. The summed E-state index contributed by atoms with van der Waals surface area (Å²) in [6, 6.07) is 7.97. The van der Waals surface area contributed by atoms with Crippen LogP contribution in [0.25, 0.3) is 0 Å². The highest BCUT2D eigenvalue weighted by Gasteiger charge is 1.95. The predicted octanol–water partition coefficient (Wildman–Crippen LogP) is 2.09. The first kappa shape index (κ1) is 9.47. The fourth-order valence-electron chi connectivity index (χ4n) is 1.11. The molecular formula is C12H10N2O. The Bertz CT molecular complexity index is 515. The zero-order valence-corrected chi connectivity index (χ0v) is 8.61. The van der Waals surface area contributed by atoms with E-state index in [9.17, 15) is 0 Å². The second-order valence-corrected chi connectivity index (χ2v) is 3.25. The largest absolute Gasteiger partial charge is 0.339 e. The molecule has 2 aromatic rings. The van der Waals surface area contributed by atoms with Crippen LogP contribution in [0.5, 0.6) is 0 Å². The number of nitrogens with zero attached hydrogens (tertiary/aromatic N) is 2. The molecule has 15 heavy (non-hydrogen) atoms. The fraction of sp³-hybridized carbons (Fsp3) is 0.167. The molecule has 1 aromatic heterocycles. The van der Waals surface area contributed by atoms with Gasteiger partial charge in [0.2, 0.25) is 11.7 Å². The minimum Gasteiger partial charge on any atom is -0.339 e. The Kier molecular flexibility index (Phi) is 2.51. The van der Waals surface area contributed by atoms with Gasteiger partial charge in [-0.2, -0.15) is 4.98 Å². The Morgan fingerprint density at radius 2 is 1.80 bits per heavy atom. The lowest BCUT2D eigenvalue weighted by Gasteiger charge is -1.90. The van der Waals surface area contributed by atoms with Crippen molar-refractivity contribution in [2.24, 2.45) is 0 Å². The van der Waals surface area contributed by atoms with E-state index >= 15 is 0 Å². The summed E-state index contributed by atoms with van der Waals surface area (Å²) in [5.74, 6) is 6.76. The molecule has 0 radical (unpaired) electrons. The summed E-state index contributed by atoms with van der Waals surface area (Å²) < 4.78 is 4.81. The molecule has 1 heterocycles. The monoisotopic (exact) mass is 198 g/mol. The van der Waals surface area contributed by atoms with Crippen molar-refractivity contribution in [3.63, 3.8) is 0 Å². The van der Waals surface area contributed by atoms with Gasteiger partial charge in [0.05, 0.1) is 0 Å². The normalized spacial score (nSPS) is 9.47. The van der Waals surface area contributed by atoms with Gasteiger partial charge in [0.25, 0.3) is 0 Å². The summed E-state index contributed by atoms with van der Waals surface area (Å²) in [4.78, 5) is 3.99. The Morgan fingerprint density at radius 1 is 1.07 bits per heavy atom. The van der Waals surface area contributed by atoms with Crippen molar-refractivity contribution in [1.82, 2.24) is 10.1 Å². The summed E-state index contributed by atoms with van der Waals surface area (Å²) in [5, 5.41) is 3.69. The predicted molar refractivity (Wildman–Crippen MR) is 56.2 cm³/mol. The molecule has 3 nitrogen and oxygen atoms in total. The van der Waals surface area contributed by atoms with Crippen LogP contribution in [0.4, 0.5) is 0 Å². The molecule has 0 fully saturated rings. The van der Waals surface area contributed by atoms with E-state index in [4.69, 9.17) is 4.52 Å². The minimum atomic E-state index is 0.424. The maximum Gasteiger partial charge on any atom is 0.246 e. The first-order valence-corrected chi connectivity index (χ1v) is 4.63. The molecule has 2 rings (SSSR count). The average Bonchev–Trinajstić information content (AvgIpc) is 2.64. The summed E-state index contributed by atoms with van der Waals surface area (Å²) in [6.07, 6.45) is 0. The number of hydrogen-bond donors (Lipinski definition) is 0. The Morgan fingerprint density at radius 3 is 2.40 bits per heavy atom. The molecule has 3 heteroatoms. The zero-order valence-electron chi connectivity index (χ0n) is 8.61. The van der Waals surface area contributed by atoms with Crippen molar-refractivity contribution in [3.8, 4) is 11.8 Å². The van der Waals surface area contributed by atoms with Crippen LogP contribution in [0, 0.1) is 25.7 Å². The highest BCUT2D eigenvalue weighted by Crippen LogP contribution is 2.01. The molecule has 0 spiro atoms. The van der Waals surface area contributed by atoms with Crippen molar-refractivity contribution in [2.75, 3.05) is 0 Å². The van der Waals surface area contributed by atoms with Gasteiger partial charge >= 0.3 is 0 Å². The third kappa shape index (κ3) is 2.44. The van der Waals surface area contributed by atoms with Gasteiger partial charge in [-0.15, -0.1) is 0 Å². The van der Waals surface area contributed by atoms with Crippen LogP contribution in [0.1, 0.15) is 22.8 Å². The highest BCUT2D eigenvalue weighted by molar-refractivity contribution is 5.38. The molecule has 0 atom stereocenters. The van der Waals surface area contributed by atoms with Crippen molar-refractivity contribution < 1.29 is 4.52 Å². The molecule has 0 aliphatic carbocycles. The molecule has 1 aromatic carbocycles. The van der Waals surface area contributed by atoms with Gasteiger partial charge in [-0.25, -0.2) is 0 Å². The lowest BCUT2D eigenvalue weighted by atomic mass is 10.1. The molecule has 0 aliphatic heterocycles. The Hall–Kier alpha value is -2.08. The second kappa shape index (κ2) is 3.97. The van der Waals surface area contributed by atoms with Gasteiger partial charge in [-0.1, -0.05) is 23.6 Å². The van der Waals surface area contributed by atoms with E-state index in [-0.39, 0.29) is 0 Å². The van der Waals surface area contributed by atoms with Gasteiger partial charge in [-0.3, -0.25) is 0 Å². The summed E-state index contributed by atoms with van der Waals surface area (Å²) >= 11 is 0. The first-order chi connectivity index (χ1) is 7.24. The molecule has 0 bridgehead atoms. The minimum absolute atomic E-state index is 0.424. The van der Waals surface area contributed by atoms with Crippen molar-refractivity contribution >= 4 is 0 Å². The molecule has 0 amide bonds. The van der Waals surface area contributed by atoms with Gasteiger partial charge < -0.3 is 4.52 Å². The highest BCUT2D eigenvalue weighted by atomic mass is 16.5. The topological polar surface area (TPSA) is 38.9 Å². The summed E-state index contributed by atoms with van der Waals surface area (Å²) in [6.45, 7) is 3.78. The first-order valence-electron chi connectivity index (χ1n) is 4.63. The van der Waals surface area contributed by atoms with Crippen LogP contribution in [-0.2, 0) is 0 Å². The standard InChI is InChI=1S/C12H10N2O/c1-9-3-5-11(6-4-9)7-8-12-13-10(2)15-14-12/h3-6H,1-2H3. The number of aromatic nitrogens is 2. The lowest BCUT2D eigenvalue weighted by Crippen LogP contribution is -1.79. The van der Waals surface area contributed by atoms with Gasteiger partial charge in [0.1, 0.15) is 0 Å². The molecule has 0 saturated heterocycles. The third-order valence-corrected chi connectivity index (χ3v) is 1.90. The quantitative estimate of drug-likeness (QED) is 0.608. The van der Waals surface area contributed by atoms with Crippen LogP contribution in [0.15, 0.2) is 28.8 Å². The number of aryl methyl sites for hydroxylation is 2. The maximum atomic E-state index is 4.81. The lowest BCUT2D eigenvalue weighted by molar-refractivity contribution is 0.391. The van der Waals surface area contributed by atoms with E-state index in [2.05, 4.69) is 22.0 Å². The number of hydrogen-bond acceptors (Lipinski definition) is 3. The van der Waals surface area contributed by atoms with Crippen molar-refractivity contribution in [2.45, 2.75) is 13.8 Å². The van der Waals surface area contributed by atoms with E-state index in [0.29, 0.717) is 11.7 Å². The van der Waals surface area contributed by atoms with Crippen LogP contribution in [0.3, 0.4) is 0 Å². The van der Waals surface area contributed by atoms with Crippen LogP contribution < -0.4 is 0 Å². The van der Waals surface area contributed by atoms with E-state index < -0.39 is 0 Å². The van der Waals surface area contributed by atoms with E-state index in [0.717, 1.165) is 5.56 Å².